The third-order valence-corrected chi connectivity index (χ3v) is 4.70. The number of guanidine groups is 1. The van der Waals surface area contributed by atoms with Crippen LogP contribution in [0.5, 0.6) is 0 Å². The Balaban J connectivity index is 1.86. The van der Waals surface area contributed by atoms with Crippen molar-refractivity contribution in [1.29, 1.82) is 0 Å². The molecule has 0 saturated heterocycles. The Hall–Kier alpha value is -1.65. The van der Waals surface area contributed by atoms with Crippen LogP contribution in [0.2, 0.25) is 0 Å². The molecule has 1 N–H and O–H groups in total. The maximum Gasteiger partial charge on any atom is 0.193 e. The molecule has 1 saturated carbocycles. The van der Waals surface area contributed by atoms with Gasteiger partial charge in [0.2, 0.25) is 0 Å². The highest BCUT2D eigenvalue weighted by Crippen LogP contribution is 2.42. The number of halogens is 2. The third kappa shape index (κ3) is 2.61. The minimum Gasteiger partial charge on any atom is -0.355 e. The molecule has 0 radical (unpaired) electrons. The van der Waals surface area contributed by atoms with Crippen LogP contribution in [-0.2, 0) is 5.41 Å². The van der Waals surface area contributed by atoms with Gasteiger partial charge >= 0.3 is 0 Å². The molecule has 21 heavy (non-hydrogen) atoms. The molecule has 1 aliphatic heterocycles. The fourth-order valence-corrected chi connectivity index (χ4v) is 3.54. The molecule has 0 aromatic heterocycles. The molecular weight excluding hydrogens is 272 g/mol. The summed E-state index contributed by atoms with van der Waals surface area (Å²) in [6.45, 7) is 2.21. The fraction of sp³-hybridized carbons (Fsp3) is 0.562. The molecule has 114 valence electrons. The van der Waals surface area contributed by atoms with Crippen molar-refractivity contribution in [3.63, 3.8) is 0 Å². The maximum atomic E-state index is 14.2. The molecule has 1 aromatic carbocycles. The number of likely N-dealkylation sites (N-methyl/N-ethyl adjacent to an activating group) is 1. The number of nitrogens with one attached hydrogen (secondary N) is 1. The lowest BCUT2D eigenvalue weighted by Crippen LogP contribution is -2.44. The predicted molar refractivity (Wildman–Crippen MR) is 79.4 cm³/mol. The number of aliphatic imine (C=N–C) groups is 1. The highest BCUT2D eigenvalue weighted by Gasteiger charge is 2.40. The summed E-state index contributed by atoms with van der Waals surface area (Å²) in [7, 11) is 1.98. The second-order valence-electron chi connectivity index (χ2n) is 6.06. The van der Waals surface area contributed by atoms with Crippen molar-refractivity contribution in [3.8, 4) is 0 Å². The number of hydrogen-bond acceptors (Lipinski definition) is 3. The van der Waals surface area contributed by atoms with Crippen molar-refractivity contribution in [3.05, 3.63) is 35.4 Å². The summed E-state index contributed by atoms with van der Waals surface area (Å²) in [5.41, 5.74) is -0.210. The molecule has 1 heterocycles. The molecule has 0 unspecified atom stereocenters. The second-order valence-corrected chi connectivity index (χ2v) is 6.06. The summed E-state index contributed by atoms with van der Waals surface area (Å²) in [6, 6.07) is 4.15. The van der Waals surface area contributed by atoms with Crippen molar-refractivity contribution < 1.29 is 8.78 Å². The number of nitrogens with zero attached hydrogens (tertiary/aromatic N) is 2. The van der Waals surface area contributed by atoms with E-state index in [1.54, 1.807) is 0 Å². The van der Waals surface area contributed by atoms with Gasteiger partial charge in [-0.15, -0.1) is 0 Å². The van der Waals surface area contributed by atoms with Gasteiger partial charge < -0.3 is 10.2 Å². The minimum atomic E-state index is -0.457. The predicted octanol–water partition coefficient (Wildman–Crippen LogP) is 2.67. The van der Waals surface area contributed by atoms with Gasteiger partial charge in [-0.3, -0.25) is 4.99 Å². The lowest BCUT2D eigenvalue weighted by molar-refractivity contribution is 0.381. The van der Waals surface area contributed by atoms with E-state index in [1.807, 2.05) is 11.9 Å². The highest BCUT2D eigenvalue weighted by molar-refractivity contribution is 5.81. The van der Waals surface area contributed by atoms with Crippen LogP contribution in [0, 0.1) is 11.6 Å². The monoisotopic (exact) mass is 293 g/mol. The molecule has 0 bridgehead atoms. The summed E-state index contributed by atoms with van der Waals surface area (Å²) in [4.78, 5) is 6.43. The lowest BCUT2D eigenvalue weighted by atomic mass is 9.78. The van der Waals surface area contributed by atoms with Crippen LogP contribution < -0.4 is 5.32 Å². The van der Waals surface area contributed by atoms with Gasteiger partial charge in [0.05, 0.1) is 6.54 Å². The van der Waals surface area contributed by atoms with Crippen molar-refractivity contribution >= 4 is 5.96 Å². The van der Waals surface area contributed by atoms with Crippen molar-refractivity contribution in [1.82, 2.24) is 10.2 Å². The first kappa shape index (κ1) is 14.3. The van der Waals surface area contributed by atoms with E-state index in [-0.39, 0.29) is 5.56 Å². The molecule has 2 aliphatic rings. The molecule has 3 nitrogen and oxygen atoms in total. The first-order chi connectivity index (χ1) is 10.1. The van der Waals surface area contributed by atoms with Crippen molar-refractivity contribution in [2.75, 3.05) is 26.7 Å². The molecule has 5 heteroatoms. The topological polar surface area (TPSA) is 27.6 Å². The van der Waals surface area contributed by atoms with Gasteiger partial charge in [0.15, 0.2) is 5.96 Å². The Labute approximate surface area is 124 Å². The summed E-state index contributed by atoms with van der Waals surface area (Å²) in [6.07, 6.45) is 3.65. The van der Waals surface area contributed by atoms with Crippen LogP contribution >= 0.6 is 0 Å². The molecule has 0 atom stereocenters. The van der Waals surface area contributed by atoms with E-state index in [0.29, 0.717) is 6.54 Å². The van der Waals surface area contributed by atoms with Gasteiger partial charge in [-0.2, -0.15) is 0 Å². The van der Waals surface area contributed by atoms with Crippen molar-refractivity contribution in [2.45, 2.75) is 31.1 Å². The van der Waals surface area contributed by atoms with Gasteiger partial charge in [-0.25, -0.2) is 8.78 Å². The van der Waals surface area contributed by atoms with E-state index in [0.717, 1.165) is 44.7 Å². The van der Waals surface area contributed by atoms with Crippen LogP contribution in [0.1, 0.15) is 31.2 Å². The van der Waals surface area contributed by atoms with Crippen LogP contribution in [0.25, 0.3) is 0 Å². The molecular formula is C16H21F2N3. The number of benzene rings is 1. The highest BCUT2D eigenvalue weighted by atomic mass is 19.1. The van der Waals surface area contributed by atoms with E-state index >= 15 is 0 Å². The van der Waals surface area contributed by atoms with Gasteiger partial charge in [-0.05, 0) is 25.0 Å². The normalized spacial score (nSPS) is 20.7. The molecule has 0 spiro atoms. The zero-order valence-electron chi connectivity index (χ0n) is 12.3. The average molecular weight is 293 g/mol. The Bertz CT molecular complexity index is 530. The van der Waals surface area contributed by atoms with Crippen LogP contribution in [0.15, 0.2) is 23.2 Å². The number of rotatable bonds is 3. The average Bonchev–Trinajstić information content (AvgIpc) is 3.06. The summed E-state index contributed by atoms with van der Waals surface area (Å²) >= 11 is 0. The van der Waals surface area contributed by atoms with E-state index in [4.69, 9.17) is 0 Å². The van der Waals surface area contributed by atoms with Gasteiger partial charge in [-0.1, -0.05) is 18.9 Å². The second kappa shape index (κ2) is 5.62. The van der Waals surface area contributed by atoms with Gasteiger partial charge in [0, 0.05) is 31.1 Å². The Morgan fingerprint density at radius 1 is 1.24 bits per heavy atom. The Morgan fingerprint density at radius 2 is 1.90 bits per heavy atom. The summed E-state index contributed by atoms with van der Waals surface area (Å²) in [5.74, 6) is -0.0288. The lowest BCUT2D eigenvalue weighted by Gasteiger charge is -2.31. The fourth-order valence-electron chi connectivity index (χ4n) is 3.54. The molecule has 3 rings (SSSR count). The largest absolute Gasteiger partial charge is 0.355 e. The van der Waals surface area contributed by atoms with Crippen LogP contribution in [-0.4, -0.2) is 37.5 Å². The molecule has 1 aliphatic carbocycles. The smallest absolute Gasteiger partial charge is 0.193 e. The summed E-state index contributed by atoms with van der Waals surface area (Å²) < 4.78 is 28.4. The molecule has 1 aromatic rings. The Kier molecular flexibility index (Phi) is 3.83. The molecule has 1 fully saturated rings. The summed E-state index contributed by atoms with van der Waals surface area (Å²) in [5, 5.41) is 3.31. The van der Waals surface area contributed by atoms with Crippen molar-refractivity contribution in [2.24, 2.45) is 4.99 Å². The quantitative estimate of drug-likeness (QED) is 0.928. The van der Waals surface area contributed by atoms with Gasteiger partial charge in [0.25, 0.3) is 0 Å². The van der Waals surface area contributed by atoms with Crippen LogP contribution in [0.3, 0.4) is 0 Å². The first-order valence-electron chi connectivity index (χ1n) is 7.56. The van der Waals surface area contributed by atoms with Crippen LogP contribution in [0.4, 0.5) is 8.78 Å². The van der Waals surface area contributed by atoms with Gasteiger partial charge in [0.1, 0.15) is 11.6 Å². The minimum absolute atomic E-state index is 0.247. The zero-order valence-corrected chi connectivity index (χ0v) is 12.3. The molecule has 0 amide bonds. The SMILES string of the molecule is CN1CCN=C1NCC1(c2c(F)cccc2F)CCCC1. The first-order valence-corrected chi connectivity index (χ1v) is 7.56. The van der Waals surface area contributed by atoms with E-state index in [2.05, 4.69) is 10.3 Å². The Morgan fingerprint density at radius 3 is 2.48 bits per heavy atom. The van der Waals surface area contributed by atoms with E-state index in [9.17, 15) is 8.78 Å². The standard InChI is InChI=1S/C16H21F2N3/c1-21-10-9-19-15(21)20-11-16(7-2-3-8-16)14-12(17)5-4-6-13(14)18/h4-6H,2-3,7-11H2,1H3,(H,19,20). The zero-order chi connectivity index (χ0) is 14.9. The van der Waals surface area contributed by atoms with E-state index in [1.165, 1.54) is 18.2 Å². The number of hydrogen-bond donors (Lipinski definition) is 1. The third-order valence-electron chi connectivity index (χ3n) is 4.70. The van der Waals surface area contributed by atoms with E-state index < -0.39 is 17.0 Å². The maximum absolute atomic E-state index is 14.2.